The summed E-state index contributed by atoms with van der Waals surface area (Å²) < 4.78 is 0. The molecule has 2 N–H and O–H groups in total. The number of H-pyrrole nitrogens is 1. The van der Waals surface area contributed by atoms with Crippen LogP contribution >= 0.6 is 11.8 Å². The zero-order chi connectivity index (χ0) is 18.6. The van der Waals surface area contributed by atoms with Crippen LogP contribution in [0.15, 0.2) is 84.0 Å². The molecular formula is C22H19N3OS. The molecule has 134 valence electrons. The maximum Gasteiger partial charge on any atom is 0.237 e. The van der Waals surface area contributed by atoms with Gasteiger partial charge in [-0.15, -0.1) is 0 Å². The first-order chi connectivity index (χ1) is 13.2. The number of aromatic amines is 1. The third-order valence-electron chi connectivity index (χ3n) is 4.30. The van der Waals surface area contributed by atoms with Crippen LogP contribution in [0.3, 0.4) is 0 Å². The maximum atomic E-state index is 12.7. The standard InChI is InChI=1S/C22H19N3OS/c1-15(27-22-24-19-13-7-8-14-20(19)25-22)21(26)23-18-12-6-5-11-17(18)16-9-3-2-4-10-16/h2-15H,1H3,(H,23,26)(H,24,25)/t15-/m0/s1. The number of rotatable bonds is 5. The number of carbonyl (C=O) groups is 1. The van der Waals surface area contributed by atoms with Crippen LogP contribution < -0.4 is 5.32 Å². The number of benzene rings is 3. The molecule has 1 atom stereocenters. The van der Waals surface area contributed by atoms with Gasteiger partial charge in [0.15, 0.2) is 5.16 Å². The Bertz CT molecular complexity index is 1040. The highest BCUT2D eigenvalue weighted by atomic mass is 32.2. The van der Waals surface area contributed by atoms with Crippen LogP contribution in [-0.4, -0.2) is 21.1 Å². The number of thioether (sulfide) groups is 1. The number of carbonyl (C=O) groups excluding carboxylic acids is 1. The second-order valence-corrected chi connectivity index (χ2v) is 7.55. The third-order valence-corrected chi connectivity index (χ3v) is 5.28. The summed E-state index contributed by atoms with van der Waals surface area (Å²) in [6.07, 6.45) is 0. The van der Waals surface area contributed by atoms with E-state index in [4.69, 9.17) is 0 Å². The minimum absolute atomic E-state index is 0.0520. The van der Waals surface area contributed by atoms with Gasteiger partial charge in [0.2, 0.25) is 5.91 Å². The molecule has 0 aliphatic rings. The van der Waals surface area contributed by atoms with Crippen LogP contribution in [-0.2, 0) is 4.79 Å². The highest BCUT2D eigenvalue weighted by Crippen LogP contribution is 2.29. The van der Waals surface area contributed by atoms with E-state index in [1.807, 2.05) is 85.8 Å². The van der Waals surface area contributed by atoms with E-state index < -0.39 is 0 Å². The number of aromatic nitrogens is 2. The summed E-state index contributed by atoms with van der Waals surface area (Å²) in [6, 6.07) is 25.8. The molecule has 0 spiro atoms. The first kappa shape index (κ1) is 17.4. The van der Waals surface area contributed by atoms with E-state index in [0.717, 1.165) is 33.0 Å². The van der Waals surface area contributed by atoms with Crippen LogP contribution in [0.2, 0.25) is 0 Å². The molecule has 5 heteroatoms. The van der Waals surface area contributed by atoms with Crippen molar-refractivity contribution in [3.8, 4) is 11.1 Å². The van der Waals surface area contributed by atoms with Crippen molar-refractivity contribution in [3.05, 3.63) is 78.9 Å². The van der Waals surface area contributed by atoms with E-state index in [9.17, 15) is 4.79 Å². The van der Waals surface area contributed by atoms with Crippen molar-refractivity contribution in [2.24, 2.45) is 0 Å². The lowest BCUT2D eigenvalue weighted by molar-refractivity contribution is -0.115. The molecule has 0 saturated heterocycles. The Morgan fingerprint density at radius 3 is 2.48 bits per heavy atom. The number of nitrogens with one attached hydrogen (secondary N) is 2. The second kappa shape index (κ2) is 7.68. The minimum atomic E-state index is -0.283. The predicted octanol–water partition coefficient (Wildman–Crippen LogP) is 5.35. The minimum Gasteiger partial charge on any atom is -0.333 e. The van der Waals surface area contributed by atoms with Crippen molar-refractivity contribution in [3.63, 3.8) is 0 Å². The normalized spacial score (nSPS) is 12.0. The molecule has 27 heavy (non-hydrogen) atoms. The Morgan fingerprint density at radius 1 is 0.963 bits per heavy atom. The molecule has 0 bridgehead atoms. The van der Waals surface area contributed by atoms with E-state index >= 15 is 0 Å². The summed E-state index contributed by atoms with van der Waals surface area (Å²) in [6.45, 7) is 1.89. The molecule has 3 aromatic carbocycles. The highest BCUT2D eigenvalue weighted by Gasteiger charge is 2.18. The molecule has 1 aromatic heterocycles. The second-order valence-electron chi connectivity index (χ2n) is 6.22. The summed E-state index contributed by atoms with van der Waals surface area (Å²) in [5.74, 6) is -0.0520. The van der Waals surface area contributed by atoms with E-state index in [-0.39, 0.29) is 11.2 Å². The summed E-state index contributed by atoms with van der Waals surface area (Å²) >= 11 is 1.42. The van der Waals surface area contributed by atoms with Crippen LogP contribution in [0.25, 0.3) is 22.2 Å². The molecule has 1 amide bonds. The largest absolute Gasteiger partial charge is 0.333 e. The number of imidazole rings is 1. The number of anilines is 1. The zero-order valence-electron chi connectivity index (χ0n) is 14.8. The van der Waals surface area contributed by atoms with Gasteiger partial charge in [0.1, 0.15) is 0 Å². The van der Waals surface area contributed by atoms with Crippen molar-refractivity contribution >= 4 is 34.4 Å². The summed E-state index contributed by atoms with van der Waals surface area (Å²) in [4.78, 5) is 20.5. The van der Waals surface area contributed by atoms with Crippen LogP contribution in [0.1, 0.15) is 6.92 Å². The average Bonchev–Trinajstić information content (AvgIpc) is 3.11. The van der Waals surface area contributed by atoms with E-state index in [0.29, 0.717) is 0 Å². The summed E-state index contributed by atoms with van der Waals surface area (Å²) in [5, 5.41) is 3.52. The molecule has 0 aliphatic carbocycles. The summed E-state index contributed by atoms with van der Waals surface area (Å²) in [7, 11) is 0. The third kappa shape index (κ3) is 3.88. The quantitative estimate of drug-likeness (QED) is 0.464. The van der Waals surface area contributed by atoms with Crippen molar-refractivity contribution in [1.82, 2.24) is 9.97 Å². The number of fused-ring (bicyclic) bond motifs is 1. The lowest BCUT2D eigenvalue weighted by Crippen LogP contribution is -2.22. The maximum absolute atomic E-state index is 12.7. The topological polar surface area (TPSA) is 57.8 Å². The SMILES string of the molecule is C[C@H](Sc1nc2ccccc2[nH]1)C(=O)Nc1ccccc1-c1ccccc1. The number of amides is 1. The monoisotopic (exact) mass is 373 g/mol. The molecule has 4 aromatic rings. The predicted molar refractivity (Wildman–Crippen MR) is 112 cm³/mol. The molecule has 0 fully saturated rings. The van der Waals surface area contributed by atoms with Crippen LogP contribution in [0, 0.1) is 0 Å². The van der Waals surface area contributed by atoms with E-state index in [2.05, 4.69) is 15.3 Å². The van der Waals surface area contributed by atoms with Crippen molar-refractivity contribution < 1.29 is 4.79 Å². The highest BCUT2D eigenvalue weighted by molar-refractivity contribution is 8.00. The van der Waals surface area contributed by atoms with Gasteiger partial charge < -0.3 is 10.3 Å². The molecule has 0 saturated carbocycles. The van der Waals surface area contributed by atoms with Gasteiger partial charge >= 0.3 is 0 Å². The first-order valence-electron chi connectivity index (χ1n) is 8.77. The lowest BCUT2D eigenvalue weighted by atomic mass is 10.0. The van der Waals surface area contributed by atoms with Gasteiger partial charge in [-0.1, -0.05) is 72.4 Å². The molecule has 0 unspecified atom stereocenters. The smallest absolute Gasteiger partial charge is 0.237 e. The van der Waals surface area contributed by atoms with E-state index in [1.54, 1.807) is 0 Å². The molecule has 1 heterocycles. The van der Waals surface area contributed by atoms with Crippen molar-refractivity contribution in [2.45, 2.75) is 17.3 Å². The van der Waals surface area contributed by atoms with Gasteiger partial charge in [0, 0.05) is 11.3 Å². The number of hydrogen-bond acceptors (Lipinski definition) is 3. The van der Waals surface area contributed by atoms with Crippen LogP contribution in [0.5, 0.6) is 0 Å². The van der Waals surface area contributed by atoms with Gasteiger partial charge in [-0.3, -0.25) is 4.79 Å². The van der Waals surface area contributed by atoms with Gasteiger partial charge in [-0.25, -0.2) is 4.98 Å². The Labute approximate surface area is 162 Å². The molecule has 4 rings (SSSR count). The number of para-hydroxylation sites is 3. The van der Waals surface area contributed by atoms with Crippen LogP contribution in [0.4, 0.5) is 5.69 Å². The number of nitrogens with zero attached hydrogens (tertiary/aromatic N) is 1. The molecule has 4 nitrogen and oxygen atoms in total. The fourth-order valence-corrected chi connectivity index (χ4v) is 3.72. The fourth-order valence-electron chi connectivity index (χ4n) is 2.90. The molecule has 0 radical (unpaired) electrons. The van der Waals surface area contributed by atoms with Gasteiger partial charge in [-0.05, 0) is 30.7 Å². The Kier molecular flexibility index (Phi) is 4.94. The van der Waals surface area contributed by atoms with Gasteiger partial charge in [0.25, 0.3) is 0 Å². The number of hydrogen-bond donors (Lipinski definition) is 2. The van der Waals surface area contributed by atoms with E-state index in [1.165, 1.54) is 11.8 Å². The fraction of sp³-hybridized carbons (Fsp3) is 0.0909. The van der Waals surface area contributed by atoms with Crippen molar-refractivity contribution in [1.29, 1.82) is 0 Å². The lowest BCUT2D eigenvalue weighted by Gasteiger charge is -2.14. The summed E-state index contributed by atoms with van der Waals surface area (Å²) in [5.41, 5.74) is 4.77. The van der Waals surface area contributed by atoms with Gasteiger partial charge in [-0.2, -0.15) is 0 Å². The Hall–Kier alpha value is -3.05. The van der Waals surface area contributed by atoms with Crippen molar-refractivity contribution in [2.75, 3.05) is 5.32 Å². The first-order valence-corrected chi connectivity index (χ1v) is 9.65. The average molecular weight is 373 g/mol. The Morgan fingerprint density at radius 2 is 1.67 bits per heavy atom. The molecule has 0 aliphatic heterocycles. The Balaban J connectivity index is 1.50. The molecular weight excluding hydrogens is 354 g/mol. The zero-order valence-corrected chi connectivity index (χ0v) is 15.7. The van der Waals surface area contributed by atoms with Gasteiger partial charge in [0.05, 0.1) is 16.3 Å².